The van der Waals surface area contributed by atoms with Crippen molar-refractivity contribution in [1.29, 1.82) is 5.26 Å². The molecule has 2 aliphatic rings. The van der Waals surface area contributed by atoms with Gasteiger partial charge in [-0.2, -0.15) is 14.0 Å². The van der Waals surface area contributed by atoms with Gasteiger partial charge < -0.3 is 19.2 Å². The Labute approximate surface area is 210 Å². The second kappa shape index (κ2) is 8.82. The highest BCUT2D eigenvalue weighted by molar-refractivity contribution is 7.00. The first-order chi connectivity index (χ1) is 16.8. The number of carbonyl (C=O) groups excluding carboxylic acids is 2. The molecule has 5 rings (SSSR count). The van der Waals surface area contributed by atoms with Crippen LogP contribution in [0.25, 0.3) is 11.0 Å². The van der Waals surface area contributed by atoms with Crippen LogP contribution < -0.4 is 9.64 Å². The third-order valence-electron chi connectivity index (χ3n) is 7.21. The fraction of sp³-hybridized carbons (Fsp3) is 0.417. The van der Waals surface area contributed by atoms with E-state index in [1.807, 2.05) is 6.92 Å². The number of rotatable bonds is 7. The van der Waals surface area contributed by atoms with Crippen LogP contribution in [-0.2, 0) is 14.3 Å². The number of hydrogen-bond acceptors (Lipinski definition) is 9. The number of aromatic nitrogens is 3. The van der Waals surface area contributed by atoms with Gasteiger partial charge in [0.15, 0.2) is 0 Å². The van der Waals surface area contributed by atoms with Crippen molar-refractivity contribution in [3.8, 4) is 11.9 Å². The maximum Gasteiger partial charge on any atom is 0.233 e. The van der Waals surface area contributed by atoms with Crippen LogP contribution in [0.5, 0.6) is 5.88 Å². The lowest BCUT2D eigenvalue weighted by Gasteiger charge is -2.37. The average Bonchev–Trinajstić information content (AvgIpc) is 3.54. The van der Waals surface area contributed by atoms with E-state index in [2.05, 4.69) is 19.8 Å². The standard InChI is InChI=1S/C24H22ClN5O4S/c1-23-7-8-24(34-23,9-10-33-18-6-4-15(25)12-27-18)19(16(23)13-31)22(32)30(2)17-5-3-14(11-26)20-21(17)29-35-28-20/h3-6,12-13,16,19H,7-10H2,1-2H3/t16-,19-,23+,24+/m1/s1. The summed E-state index contributed by atoms with van der Waals surface area (Å²) in [6.07, 6.45) is 4.08. The maximum atomic E-state index is 14.0. The third kappa shape index (κ3) is 3.84. The minimum Gasteiger partial charge on any atom is -0.478 e. The first-order valence-electron chi connectivity index (χ1n) is 11.1. The Balaban J connectivity index is 1.43. The molecule has 2 saturated heterocycles. The Morgan fingerprint density at radius 3 is 2.86 bits per heavy atom. The van der Waals surface area contributed by atoms with E-state index in [0.29, 0.717) is 52.4 Å². The molecule has 11 heteroatoms. The summed E-state index contributed by atoms with van der Waals surface area (Å²) in [6.45, 7) is 2.16. The van der Waals surface area contributed by atoms with Crippen LogP contribution in [0.3, 0.4) is 0 Å². The highest BCUT2D eigenvalue weighted by Gasteiger charge is 2.67. The zero-order valence-electron chi connectivity index (χ0n) is 19.1. The van der Waals surface area contributed by atoms with E-state index >= 15 is 0 Å². The van der Waals surface area contributed by atoms with Crippen molar-refractivity contribution >= 4 is 52.2 Å². The minimum atomic E-state index is -0.843. The van der Waals surface area contributed by atoms with Crippen LogP contribution >= 0.6 is 23.3 Å². The number of nitrogens with zero attached hydrogens (tertiary/aromatic N) is 5. The van der Waals surface area contributed by atoms with Crippen LogP contribution in [-0.4, -0.2) is 50.8 Å². The van der Waals surface area contributed by atoms with E-state index in [4.69, 9.17) is 21.1 Å². The Morgan fingerprint density at radius 2 is 2.14 bits per heavy atom. The summed E-state index contributed by atoms with van der Waals surface area (Å²) < 4.78 is 20.8. The first kappa shape index (κ1) is 23.6. The quantitative estimate of drug-likeness (QED) is 0.439. The molecule has 4 atom stereocenters. The molecule has 180 valence electrons. The molecule has 0 saturated carbocycles. The van der Waals surface area contributed by atoms with E-state index in [0.717, 1.165) is 18.0 Å². The number of fused-ring (bicyclic) bond motifs is 3. The largest absolute Gasteiger partial charge is 0.478 e. The van der Waals surface area contributed by atoms with Gasteiger partial charge in [-0.15, -0.1) is 0 Å². The van der Waals surface area contributed by atoms with Crippen LogP contribution in [0, 0.1) is 23.2 Å². The number of anilines is 1. The van der Waals surface area contributed by atoms with Crippen LogP contribution in [0.15, 0.2) is 30.5 Å². The predicted octanol–water partition coefficient (Wildman–Crippen LogP) is 3.80. The number of aldehydes is 1. The monoisotopic (exact) mass is 511 g/mol. The molecule has 9 nitrogen and oxygen atoms in total. The molecule has 2 bridgehead atoms. The van der Waals surface area contributed by atoms with Crippen molar-refractivity contribution in [2.24, 2.45) is 11.8 Å². The van der Waals surface area contributed by atoms with Gasteiger partial charge in [0.1, 0.15) is 23.4 Å². The van der Waals surface area contributed by atoms with E-state index in [1.165, 1.54) is 11.1 Å². The fourth-order valence-electron chi connectivity index (χ4n) is 5.41. The molecule has 0 unspecified atom stereocenters. The van der Waals surface area contributed by atoms with Gasteiger partial charge in [-0.3, -0.25) is 4.79 Å². The summed E-state index contributed by atoms with van der Waals surface area (Å²) in [5.74, 6) is -1.10. The molecule has 0 aliphatic carbocycles. The molecule has 0 spiro atoms. The topological polar surface area (TPSA) is 118 Å². The van der Waals surface area contributed by atoms with Gasteiger partial charge in [-0.1, -0.05) is 11.6 Å². The highest BCUT2D eigenvalue weighted by atomic mass is 35.5. The van der Waals surface area contributed by atoms with E-state index in [-0.39, 0.29) is 12.5 Å². The van der Waals surface area contributed by atoms with Crippen molar-refractivity contribution in [3.63, 3.8) is 0 Å². The van der Waals surface area contributed by atoms with E-state index < -0.39 is 23.0 Å². The number of hydrogen-bond donors (Lipinski definition) is 0. The number of carbonyl (C=O) groups is 2. The number of nitriles is 1. The lowest BCUT2D eigenvalue weighted by Crippen LogP contribution is -2.50. The lowest BCUT2D eigenvalue weighted by atomic mass is 9.66. The summed E-state index contributed by atoms with van der Waals surface area (Å²) in [5, 5.41) is 9.88. The number of benzene rings is 1. The lowest BCUT2D eigenvalue weighted by molar-refractivity contribution is -0.131. The molecular weight excluding hydrogens is 490 g/mol. The van der Waals surface area contributed by atoms with Crippen LogP contribution in [0.2, 0.25) is 5.02 Å². The average molecular weight is 512 g/mol. The number of ether oxygens (including phenoxy) is 2. The summed E-state index contributed by atoms with van der Waals surface area (Å²) in [5.41, 5.74) is 0.301. The third-order valence-corrected chi connectivity index (χ3v) is 7.96. The number of pyridine rings is 1. The van der Waals surface area contributed by atoms with Gasteiger partial charge in [0.2, 0.25) is 11.8 Å². The Hall–Kier alpha value is -3.13. The molecule has 2 aromatic heterocycles. The molecular formula is C24H22ClN5O4S. The summed E-state index contributed by atoms with van der Waals surface area (Å²) in [7, 11) is 1.65. The Kier molecular flexibility index (Phi) is 5.95. The second-order valence-corrected chi connectivity index (χ2v) is 10.1. The van der Waals surface area contributed by atoms with E-state index in [1.54, 1.807) is 31.3 Å². The van der Waals surface area contributed by atoms with Crippen molar-refractivity contribution in [2.75, 3.05) is 18.6 Å². The van der Waals surface area contributed by atoms with Crippen molar-refractivity contribution in [2.45, 2.75) is 37.4 Å². The molecule has 2 aliphatic heterocycles. The Morgan fingerprint density at radius 1 is 1.34 bits per heavy atom. The van der Waals surface area contributed by atoms with E-state index in [9.17, 15) is 14.9 Å². The van der Waals surface area contributed by atoms with Gasteiger partial charge in [-0.05, 0) is 38.0 Å². The minimum absolute atomic E-state index is 0.242. The van der Waals surface area contributed by atoms with Gasteiger partial charge in [0, 0.05) is 25.7 Å². The first-order valence-corrected chi connectivity index (χ1v) is 12.3. The molecule has 4 heterocycles. The summed E-state index contributed by atoms with van der Waals surface area (Å²) in [4.78, 5) is 31.8. The van der Waals surface area contributed by atoms with Gasteiger partial charge in [0.05, 0.1) is 57.6 Å². The molecule has 35 heavy (non-hydrogen) atoms. The Bertz CT molecular complexity index is 1340. The number of halogens is 1. The smallest absolute Gasteiger partial charge is 0.233 e. The summed E-state index contributed by atoms with van der Waals surface area (Å²) in [6, 6.07) is 8.79. The van der Waals surface area contributed by atoms with Crippen molar-refractivity contribution < 1.29 is 19.1 Å². The maximum absolute atomic E-state index is 14.0. The molecule has 3 aromatic rings. The van der Waals surface area contributed by atoms with Crippen LogP contribution in [0.1, 0.15) is 31.7 Å². The SMILES string of the molecule is CN(C(=O)[C@H]1[C@@H](C=O)[C@]2(C)CC[C@@]1(CCOc1ccc(Cl)cn1)O2)c1ccc(C#N)c2nsnc12. The van der Waals surface area contributed by atoms with Gasteiger partial charge in [-0.25, -0.2) is 4.98 Å². The molecule has 1 amide bonds. The molecule has 0 radical (unpaired) electrons. The normalized spacial score (nSPS) is 27.0. The molecule has 2 fully saturated rings. The second-order valence-electron chi connectivity index (χ2n) is 9.13. The highest BCUT2D eigenvalue weighted by Crippen LogP contribution is 2.59. The summed E-state index contributed by atoms with van der Waals surface area (Å²) >= 11 is 6.87. The van der Waals surface area contributed by atoms with Crippen LogP contribution in [0.4, 0.5) is 5.69 Å². The molecule has 1 aromatic carbocycles. The zero-order valence-corrected chi connectivity index (χ0v) is 20.7. The van der Waals surface area contributed by atoms with Gasteiger partial charge in [0.25, 0.3) is 0 Å². The predicted molar refractivity (Wildman–Crippen MR) is 129 cm³/mol. The molecule has 0 N–H and O–H groups in total. The number of amides is 1. The van der Waals surface area contributed by atoms with Crippen molar-refractivity contribution in [1.82, 2.24) is 13.7 Å². The zero-order chi connectivity index (χ0) is 24.8. The fourth-order valence-corrected chi connectivity index (χ4v) is 6.09. The van der Waals surface area contributed by atoms with Crippen molar-refractivity contribution in [3.05, 3.63) is 41.0 Å². The van der Waals surface area contributed by atoms with Gasteiger partial charge >= 0.3 is 0 Å².